The second-order valence-corrected chi connectivity index (χ2v) is 13.1. The van der Waals surface area contributed by atoms with Crippen molar-refractivity contribution in [3.63, 3.8) is 0 Å². The first-order valence-corrected chi connectivity index (χ1v) is 16.0. The lowest BCUT2D eigenvalue weighted by Gasteiger charge is -2.27. The molecule has 1 saturated heterocycles. The number of ketones is 1. The summed E-state index contributed by atoms with van der Waals surface area (Å²) in [7, 11) is 0. The number of thiazole rings is 1. The van der Waals surface area contributed by atoms with Crippen LogP contribution in [0.5, 0.6) is 0 Å². The van der Waals surface area contributed by atoms with E-state index in [0.717, 1.165) is 73.2 Å². The van der Waals surface area contributed by atoms with Crippen LogP contribution in [-0.4, -0.2) is 39.3 Å². The second kappa shape index (κ2) is 12.0. The van der Waals surface area contributed by atoms with E-state index < -0.39 is 6.10 Å². The number of aromatic nitrogens is 1. The highest BCUT2D eigenvalue weighted by Crippen LogP contribution is 2.42. The lowest BCUT2D eigenvalue weighted by Crippen LogP contribution is -2.32. The van der Waals surface area contributed by atoms with Gasteiger partial charge in [0, 0.05) is 35.2 Å². The van der Waals surface area contributed by atoms with E-state index in [1.807, 2.05) is 53.6 Å². The van der Waals surface area contributed by atoms with E-state index in [0.29, 0.717) is 36.4 Å². The minimum Gasteiger partial charge on any atom is -0.393 e. The van der Waals surface area contributed by atoms with Crippen molar-refractivity contribution < 1.29 is 14.7 Å². The molecule has 2 aliphatic carbocycles. The largest absolute Gasteiger partial charge is 0.393 e. The number of rotatable bonds is 10. The van der Waals surface area contributed by atoms with Crippen LogP contribution < -0.4 is 0 Å². The van der Waals surface area contributed by atoms with E-state index in [9.17, 15) is 14.7 Å². The van der Waals surface area contributed by atoms with Gasteiger partial charge in [-0.3, -0.25) is 9.59 Å². The number of carbonyl (C=O) groups excluding carboxylic acids is 2. The van der Waals surface area contributed by atoms with Crippen LogP contribution in [0.15, 0.2) is 53.9 Å². The van der Waals surface area contributed by atoms with Crippen molar-refractivity contribution in [1.29, 1.82) is 0 Å². The van der Waals surface area contributed by atoms with Crippen molar-refractivity contribution in [2.24, 2.45) is 11.8 Å². The monoisotopic (exact) mass is 556 g/mol. The summed E-state index contributed by atoms with van der Waals surface area (Å²) in [6, 6.07) is 16.1. The fourth-order valence-corrected chi connectivity index (χ4v) is 7.76. The fraction of sp³-hybridized carbons (Fsp3) is 0.500. The molecule has 1 aliphatic heterocycles. The van der Waals surface area contributed by atoms with E-state index in [-0.39, 0.29) is 29.6 Å². The maximum absolute atomic E-state index is 13.9. The molecule has 6 heteroatoms. The molecule has 2 heterocycles. The highest BCUT2D eigenvalue weighted by Gasteiger charge is 2.35. The molecule has 5 nitrogen and oxygen atoms in total. The summed E-state index contributed by atoms with van der Waals surface area (Å²) in [6.45, 7) is 2.71. The quantitative estimate of drug-likeness (QED) is 0.266. The Morgan fingerprint density at radius 3 is 2.45 bits per heavy atom. The lowest BCUT2D eigenvalue weighted by atomic mass is 9.81. The molecule has 1 aromatic heterocycles. The van der Waals surface area contributed by atoms with Gasteiger partial charge in [-0.1, -0.05) is 43.2 Å². The van der Waals surface area contributed by atoms with Gasteiger partial charge in [0.05, 0.1) is 12.1 Å². The number of nitrogens with zero attached hydrogens (tertiary/aromatic N) is 2. The first-order valence-electron chi connectivity index (χ1n) is 15.1. The number of hydrogen-bond donors (Lipinski definition) is 1. The van der Waals surface area contributed by atoms with Crippen LogP contribution in [0.2, 0.25) is 0 Å². The van der Waals surface area contributed by atoms with Crippen molar-refractivity contribution in [2.75, 3.05) is 6.54 Å². The molecule has 1 N–H and O–H groups in total. The summed E-state index contributed by atoms with van der Waals surface area (Å²) in [5.41, 5.74) is 4.48. The van der Waals surface area contributed by atoms with Gasteiger partial charge in [-0.25, -0.2) is 4.98 Å². The zero-order valence-corrected chi connectivity index (χ0v) is 24.2. The maximum Gasteiger partial charge on any atom is 0.254 e. The van der Waals surface area contributed by atoms with Crippen LogP contribution in [-0.2, 0) is 6.42 Å². The average molecular weight is 557 g/mol. The Morgan fingerprint density at radius 2 is 1.75 bits per heavy atom. The van der Waals surface area contributed by atoms with Crippen LogP contribution in [0.25, 0.3) is 0 Å². The van der Waals surface area contributed by atoms with Crippen LogP contribution in [0, 0.1) is 18.8 Å². The van der Waals surface area contributed by atoms with Crippen molar-refractivity contribution in [1.82, 2.24) is 9.88 Å². The Labute approximate surface area is 241 Å². The minimum atomic E-state index is -0.494. The normalized spacial score (nSPS) is 21.1. The van der Waals surface area contributed by atoms with Gasteiger partial charge in [-0.05, 0) is 98.9 Å². The Hall–Kier alpha value is -2.83. The number of carbonyl (C=O) groups is 2. The summed E-state index contributed by atoms with van der Waals surface area (Å²) >= 11 is 1.63. The second-order valence-electron chi connectivity index (χ2n) is 12.2. The molecule has 6 rings (SSSR count). The van der Waals surface area contributed by atoms with E-state index in [1.165, 1.54) is 0 Å². The molecule has 40 heavy (non-hydrogen) atoms. The van der Waals surface area contributed by atoms with Crippen LogP contribution in [0.4, 0.5) is 0 Å². The number of amides is 1. The maximum atomic E-state index is 13.9. The molecule has 0 bridgehead atoms. The van der Waals surface area contributed by atoms with Crippen molar-refractivity contribution >= 4 is 23.0 Å². The van der Waals surface area contributed by atoms with E-state index in [2.05, 4.69) is 17.1 Å². The Bertz CT molecular complexity index is 1340. The molecule has 2 saturated carbocycles. The summed E-state index contributed by atoms with van der Waals surface area (Å²) in [5, 5.41) is 14.5. The van der Waals surface area contributed by atoms with Gasteiger partial charge in [0.25, 0.3) is 5.91 Å². The van der Waals surface area contributed by atoms with Gasteiger partial charge in [-0.15, -0.1) is 11.3 Å². The number of aliphatic hydroxyl groups excluding tert-OH is 1. The number of Topliss-reactive ketones (excluding diaryl/α,β-unsaturated/α-hetero) is 1. The van der Waals surface area contributed by atoms with Gasteiger partial charge in [0.2, 0.25) is 0 Å². The van der Waals surface area contributed by atoms with Crippen molar-refractivity contribution in [2.45, 2.75) is 89.2 Å². The number of hydrogen-bond acceptors (Lipinski definition) is 5. The average Bonchev–Trinajstić information content (AvgIpc) is 3.32. The van der Waals surface area contributed by atoms with Gasteiger partial charge < -0.3 is 10.0 Å². The molecule has 210 valence electrons. The number of likely N-dealkylation sites (tertiary alicyclic amines) is 1. The molecule has 3 aromatic rings. The van der Waals surface area contributed by atoms with Crippen LogP contribution >= 0.6 is 11.3 Å². The molecule has 1 amide bonds. The molecule has 3 atom stereocenters. The topological polar surface area (TPSA) is 70.5 Å². The van der Waals surface area contributed by atoms with Crippen molar-refractivity contribution in [3.05, 3.63) is 86.9 Å². The van der Waals surface area contributed by atoms with Gasteiger partial charge in [0.1, 0.15) is 5.01 Å². The highest BCUT2D eigenvalue weighted by molar-refractivity contribution is 7.09. The molecule has 0 spiro atoms. The van der Waals surface area contributed by atoms with Gasteiger partial charge in [-0.2, -0.15) is 0 Å². The first-order chi connectivity index (χ1) is 19.5. The minimum absolute atomic E-state index is 0.00118. The summed E-state index contributed by atoms with van der Waals surface area (Å²) in [5.74, 6) is 0.581. The first kappa shape index (κ1) is 27.3. The number of benzene rings is 2. The lowest BCUT2D eigenvalue weighted by molar-refractivity contribution is 0.0456. The zero-order chi connectivity index (χ0) is 27.6. The third-order valence-electron chi connectivity index (χ3n) is 9.16. The predicted octanol–water partition coefficient (Wildman–Crippen LogP) is 7.29. The summed E-state index contributed by atoms with van der Waals surface area (Å²) < 4.78 is 0. The third-order valence-corrected chi connectivity index (χ3v) is 10.2. The van der Waals surface area contributed by atoms with E-state index in [1.54, 1.807) is 11.3 Å². The zero-order valence-electron chi connectivity index (χ0n) is 23.4. The van der Waals surface area contributed by atoms with E-state index >= 15 is 0 Å². The van der Waals surface area contributed by atoms with Gasteiger partial charge in [0.15, 0.2) is 5.78 Å². The fourth-order valence-electron chi connectivity index (χ4n) is 6.82. The molecule has 3 fully saturated rings. The summed E-state index contributed by atoms with van der Waals surface area (Å²) in [4.78, 5) is 34.4. The Balaban J connectivity index is 1.26. The predicted molar refractivity (Wildman–Crippen MR) is 159 cm³/mol. The van der Waals surface area contributed by atoms with Crippen LogP contribution in [0.1, 0.15) is 112 Å². The number of aliphatic hydroxyl groups is 1. The molecule has 0 unspecified atom stereocenters. The summed E-state index contributed by atoms with van der Waals surface area (Å²) in [6.07, 6.45) is 8.95. The molecule has 2 aromatic carbocycles. The van der Waals surface area contributed by atoms with Crippen LogP contribution in [0.3, 0.4) is 0 Å². The standard InChI is InChI=1S/C34H40N2O3S/c1-22-21-40-33(35-22)30-12-7-15-36(30)34(39)29-18-26(24-13-14-24)17-27(19-29)31(37)20-28(16-23-8-3-2-4-9-23)32(38)25-10-5-6-11-25/h2-4,8-9,17-19,21,24-25,28,30,32,38H,5-7,10-16,20H2,1H3/t28-,30-,32-/m1/s1. The molecular weight excluding hydrogens is 516 g/mol. The highest BCUT2D eigenvalue weighted by atomic mass is 32.1. The van der Waals surface area contributed by atoms with Crippen molar-refractivity contribution in [3.8, 4) is 0 Å². The van der Waals surface area contributed by atoms with Gasteiger partial charge >= 0.3 is 0 Å². The van der Waals surface area contributed by atoms with E-state index in [4.69, 9.17) is 0 Å². The Morgan fingerprint density at radius 1 is 1.00 bits per heavy atom. The smallest absolute Gasteiger partial charge is 0.254 e. The molecule has 0 radical (unpaired) electrons. The Kier molecular flexibility index (Phi) is 8.17. The third kappa shape index (κ3) is 6.08. The SMILES string of the molecule is Cc1csc([C@H]2CCCN2C(=O)c2cc(C(=O)C[C@@H](Cc3ccccc3)[C@H](O)C3CCCC3)cc(C3CC3)c2)n1. The number of aryl methyl sites for hydroxylation is 1. The molecule has 3 aliphatic rings. The molecular formula is C34H40N2O3S.